The maximum Gasteiger partial charge on any atom is 1.00 e. The van der Waals surface area contributed by atoms with Crippen LogP contribution >= 0.6 is 0 Å². The van der Waals surface area contributed by atoms with Crippen molar-refractivity contribution >= 4 is 44.1 Å². The van der Waals surface area contributed by atoms with Crippen LogP contribution in [0.3, 0.4) is 0 Å². The SMILES string of the molecule is CC(=O)CC(c1ccccc1)c1c([O-])c2ccccc2oc1=O.[Tl+]. The molecule has 3 rings (SSSR count). The van der Waals surface area contributed by atoms with Crippen molar-refractivity contribution in [3.05, 3.63) is 76.1 Å². The molecule has 0 N–H and O–H groups in total. The van der Waals surface area contributed by atoms with E-state index < -0.39 is 11.5 Å². The first kappa shape index (κ1) is 18.4. The van der Waals surface area contributed by atoms with Crippen LogP contribution < -0.4 is 10.7 Å². The Hall–Kier alpha value is -1.96. The number of carbonyl (C=O) groups excluding carboxylic acids is 1. The van der Waals surface area contributed by atoms with E-state index in [2.05, 4.69) is 0 Å². The third-order valence-electron chi connectivity index (χ3n) is 3.84. The van der Waals surface area contributed by atoms with Gasteiger partial charge >= 0.3 is 32.9 Å². The summed E-state index contributed by atoms with van der Waals surface area (Å²) in [7, 11) is 0. The second-order valence-electron chi connectivity index (χ2n) is 5.50. The third kappa shape index (κ3) is 3.58. The second kappa shape index (κ2) is 7.74. The molecule has 0 spiro atoms. The first-order chi connectivity index (χ1) is 11.1. The summed E-state index contributed by atoms with van der Waals surface area (Å²) in [6.45, 7) is 1.45. The summed E-state index contributed by atoms with van der Waals surface area (Å²) in [5, 5.41) is 13.1. The number of hydrogen-bond donors (Lipinski definition) is 0. The summed E-state index contributed by atoms with van der Waals surface area (Å²) in [5.41, 5.74) is 0.358. The molecule has 24 heavy (non-hydrogen) atoms. The average molecular weight is 512 g/mol. The van der Waals surface area contributed by atoms with Crippen molar-refractivity contribution in [2.24, 2.45) is 0 Å². The molecule has 0 amide bonds. The normalized spacial score (nSPS) is 11.7. The van der Waals surface area contributed by atoms with Gasteiger partial charge in [0.25, 0.3) is 0 Å². The number of hydrogen-bond acceptors (Lipinski definition) is 4. The van der Waals surface area contributed by atoms with Crippen LogP contribution in [0.1, 0.15) is 30.4 Å². The molecule has 0 saturated heterocycles. The number of ketones is 1. The Kier molecular flexibility index (Phi) is 5.93. The molecule has 118 valence electrons. The van der Waals surface area contributed by atoms with Gasteiger partial charge in [0.2, 0.25) is 0 Å². The largest absolute Gasteiger partial charge is 1.00 e. The minimum Gasteiger partial charge on any atom is -0.872 e. The number of benzene rings is 2. The third-order valence-corrected chi connectivity index (χ3v) is 3.84. The zero-order valence-electron chi connectivity index (χ0n) is 13.2. The molecule has 1 heterocycles. The van der Waals surface area contributed by atoms with Gasteiger partial charge in [-0.25, -0.2) is 4.79 Å². The molecule has 0 aliphatic carbocycles. The Balaban J connectivity index is 0.00000208. The van der Waals surface area contributed by atoms with Gasteiger partial charge in [-0.2, -0.15) is 0 Å². The molecule has 1 atom stereocenters. The fourth-order valence-electron chi connectivity index (χ4n) is 2.80. The van der Waals surface area contributed by atoms with Crippen molar-refractivity contribution in [1.82, 2.24) is 0 Å². The summed E-state index contributed by atoms with van der Waals surface area (Å²) in [6, 6.07) is 15.7. The maximum atomic E-state index is 12.8. The average Bonchev–Trinajstić information content (AvgIpc) is 2.54. The number of fused-ring (bicyclic) bond motifs is 1. The van der Waals surface area contributed by atoms with Crippen LogP contribution in [-0.2, 0) is 4.79 Å². The molecule has 0 bridgehead atoms. The summed E-state index contributed by atoms with van der Waals surface area (Å²) in [5.74, 6) is -1.06. The fraction of sp³-hybridized carbons (Fsp3) is 0.158. The van der Waals surface area contributed by atoms with Gasteiger partial charge in [0, 0.05) is 23.3 Å². The fourth-order valence-corrected chi connectivity index (χ4v) is 2.80. The molecule has 0 aliphatic rings. The molecule has 0 saturated carbocycles. The van der Waals surface area contributed by atoms with Gasteiger partial charge in [0.05, 0.1) is 0 Å². The zero-order chi connectivity index (χ0) is 16.4. The molecule has 0 fully saturated rings. The van der Waals surface area contributed by atoms with Crippen molar-refractivity contribution in [2.75, 3.05) is 0 Å². The molecular formula is C19H15O4Tl. The van der Waals surface area contributed by atoms with Crippen molar-refractivity contribution < 1.29 is 14.3 Å². The summed E-state index contributed by atoms with van der Waals surface area (Å²) in [4.78, 5) is 24.0. The Bertz CT molecular complexity index is 916. The van der Waals surface area contributed by atoms with Crippen LogP contribution in [0.25, 0.3) is 11.0 Å². The Labute approximate surface area is 159 Å². The van der Waals surface area contributed by atoms with Crippen LogP contribution in [0.4, 0.5) is 0 Å². The summed E-state index contributed by atoms with van der Waals surface area (Å²) in [6.07, 6.45) is 0.0857. The molecule has 2 aromatic carbocycles. The monoisotopic (exact) mass is 512 g/mol. The predicted octanol–water partition coefficient (Wildman–Crippen LogP) is 2.60. The van der Waals surface area contributed by atoms with E-state index in [0.29, 0.717) is 5.39 Å². The maximum absolute atomic E-state index is 12.8. The summed E-state index contributed by atoms with van der Waals surface area (Å²) < 4.78 is 5.29. The predicted molar refractivity (Wildman–Crippen MR) is 91.3 cm³/mol. The summed E-state index contributed by atoms with van der Waals surface area (Å²) >= 11 is 0. The number of rotatable bonds is 4. The molecule has 1 unspecified atom stereocenters. The first-order valence-corrected chi connectivity index (χ1v) is 7.35. The quantitative estimate of drug-likeness (QED) is 0.399. The standard InChI is InChI=1S/C19H16O4.Tl/c1-12(20)11-15(13-7-3-2-4-8-13)17-18(21)14-9-5-6-10-16(14)23-19(17)22;/h2-10,15,21H,11H2,1H3;/q;+1/p-1. The van der Waals surface area contributed by atoms with Crippen molar-refractivity contribution in [3.8, 4) is 5.75 Å². The zero-order valence-corrected chi connectivity index (χ0v) is 17.7. The van der Waals surface area contributed by atoms with E-state index >= 15 is 0 Å². The molecule has 1 aromatic heterocycles. The van der Waals surface area contributed by atoms with Crippen LogP contribution in [0.5, 0.6) is 5.75 Å². The smallest absolute Gasteiger partial charge is 0.872 e. The Morgan fingerprint density at radius 2 is 1.71 bits per heavy atom. The van der Waals surface area contributed by atoms with Gasteiger partial charge in [0.1, 0.15) is 11.4 Å². The topological polar surface area (TPSA) is 70.3 Å². The molecule has 4 nitrogen and oxygen atoms in total. The van der Waals surface area contributed by atoms with Crippen molar-refractivity contribution in [1.29, 1.82) is 0 Å². The van der Waals surface area contributed by atoms with E-state index in [-0.39, 0.29) is 56.4 Å². The number of Topliss-reactive ketones (excluding diaryl/α,β-unsaturated/α-hetero) is 1. The van der Waals surface area contributed by atoms with E-state index in [1.807, 2.05) is 30.3 Å². The molecule has 0 aliphatic heterocycles. The second-order valence-corrected chi connectivity index (χ2v) is 5.50. The van der Waals surface area contributed by atoms with Crippen molar-refractivity contribution in [3.63, 3.8) is 0 Å². The van der Waals surface area contributed by atoms with E-state index in [4.69, 9.17) is 4.42 Å². The molecule has 5 heteroatoms. The van der Waals surface area contributed by atoms with Crippen LogP contribution in [0.15, 0.2) is 63.8 Å². The van der Waals surface area contributed by atoms with Gasteiger partial charge in [-0.3, -0.25) is 4.79 Å². The van der Waals surface area contributed by atoms with Crippen molar-refractivity contribution in [2.45, 2.75) is 19.3 Å². The van der Waals surface area contributed by atoms with Gasteiger partial charge < -0.3 is 9.52 Å². The van der Waals surface area contributed by atoms with Gasteiger partial charge in [-0.15, -0.1) is 0 Å². The van der Waals surface area contributed by atoms with Crippen LogP contribution in [0, 0.1) is 0 Å². The van der Waals surface area contributed by atoms with Crippen LogP contribution in [-0.4, -0.2) is 33.1 Å². The van der Waals surface area contributed by atoms with E-state index in [9.17, 15) is 14.7 Å². The van der Waals surface area contributed by atoms with E-state index in [0.717, 1.165) is 5.56 Å². The molecule has 0 radical (unpaired) electrons. The van der Waals surface area contributed by atoms with Gasteiger partial charge in [0.15, 0.2) is 0 Å². The van der Waals surface area contributed by atoms with E-state index in [1.54, 1.807) is 24.3 Å². The molecular weight excluding hydrogens is 497 g/mol. The van der Waals surface area contributed by atoms with Gasteiger partial charge in [-0.1, -0.05) is 54.3 Å². The van der Waals surface area contributed by atoms with E-state index in [1.165, 1.54) is 6.92 Å². The number of carbonyl (C=O) groups is 1. The minimum absolute atomic E-state index is 0. The molecule has 3 aromatic rings. The minimum atomic E-state index is -0.677. The Morgan fingerprint density at radius 3 is 2.38 bits per heavy atom. The van der Waals surface area contributed by atoms with Crippen LogP contribution in [0.2, 0.25) is 0 Å². The first-order valence-electron chi connectivity index (χ1n) is 7.35. The van der Waals surface area contributed by atoms with Gasteiger partial charge in [-0.05, 0) is 18.6 Å². The number of para-hydroxylation sites is 1. The Morgan fingerprint density at radius 1 is 1.08 bits per heavy atom.